The van der Waals surface area contributed by atoms with Crippen LogP contribution in [0.25, 0.3) is 33.9 Å². The lowest BCUT2D eigenvalue weighted by Crippen LogP contribution is -2.32. The topological polar surface area (TPSA) is 256 Å². The Morgan fingerprint density at radius 2 is 1.03 bits per heavy atom. The van der Waals surface area contributed by atoms with Gasteiger partial charge in [-0.1, -0.05) is 19.1 Å². The molecule has 0 saturated carbocycles. The molecule has 0 fully saturated rings. The summed E-state index contributed by atoms with van der Waals surface area (Å²) in [5.41, 5.74) is 3.42. The number of alkyl halides is 6. The molecule has 76 heavy (non-hydrogen) atoms. The number of carboxylic acids is 1. The van der Waals surface area contributed by atoms with E-state index in [4.69, 9.17) is 9.47 Å². The Labute approximate surface area is 429 Å². The van der Waals surface area contributed by atoms with Gasteiger partial charge in [-0.25, -0.2) is 47.2 Å². The van der Waals surface area contributed by atoms with Crippen LogP contribution in [0.4, 0.5) is 49.6 Å². The fraction of sp³-hybridized carbons (Fsp3) is 0.224. The Hall–Kier alpha value is -9.01. The van der Waals surface area contributed by atoms with E-state index < -0.39 is 45.6 Å². The first kappa shape index (κ1) is 54.8. The number of aromatic nitrogens is 10. The number of carbonyl (C=O) groups excluding carboxylic acids is 1. The maximum atomic E-state index is 13.4. The van der Waals surface area contributed by atoms with Crippen LogP contribution in [0.1, 0.15) is 67.7 Å². The highest BCUT2D eigenvalue weighted by Crippen LogP contribution is 2.34. The monoisotopic (exact) mass is 1070 g/mol. The molecule has 396 valence electrons. The standard InChI is InChI=1S/C26H26F3N7O4S.C23H19F3N6O3/c1-5-8-41(38,39)35-23(37)19-12-17(13-30-24(19)40-4)20-14-31-25(32-18-10-15(2)9-16(3)11-18)33-22(20)36-7-6-21(34-36)26(27,28)29;1-12-6-13(2)8-15(7-12)29-22-28-11-17(14-9-16(21(33)34)20(35-3)27-10-14)19(30-22)32-5-4-18(31-32)23(24,25)26/h6-7,9-14H,5,8H2,1-4H3,(H,35,37)(H,31,32,33);4-11H,1-3H3,(H,33,34)(H,28,29,30). The molecule has 4 N–H and O–H groups in total. The average molecular weight is 1070 g/mol. The van der Waals surface area contributed by atoms with Crippen LogP contribution in [0.15, 0.2) is 97.8 Å². The van der Waals surface area contributed by atoms with Gasteiger partial charge in [0.2, 0.25) is 33.7 Å². The molecule has 0 spiro atoms. The smallest absolute Gasteiger partial charge is 0.435 e. The lowest BCUT2D eigenvalue weighted by Gasteiger charge is -2.14. The molecule has 0 atom stereocenters. The number of methoxy groups -OCH3 is 2. The van der Waals surface area contributed by atoms with E-state index in [-0.39, 0.29) is 80.8 Å². The Morgan fingerprint density at radius 1 is 0.618 bits per heavy atom. The summed E-state index contributed by atoms with van der Waals surface area (Å²) in [6, 6.07) is 15.6. The minimum absolute atomic E-state index is 0.00863. The van der Waals surface area contributed by atoms with Gasteiger partial charge in [-0.2, -0.15) is 46.5 Å². The van der Waals surface area contributed by atoms with Gasteiger partial charge in [0.25, 0.3) is 5.91 Å². The molecule has 20 nitrogen and oxygen atoms in total. The molecular formula is C49H45F6N13O7S. The number of aryl methyl sites for hydroxylation is 4. The van der Waals surface area contributed by atoms with Crippen LogP contribution in [0.5, 0.6) is 11.8 Å². The summed E-state index contributed by atoms with van der Waals surface area (Å²) in [5.74, 6) is -2.71. The highest BCUT2D eigenvalue weighted by Gasteiger charge is 2.35. The van der Waals surface area contributed by atoms with Gasteiger partial charge in [-0.05, 0) is 105 Å². The molecule has 0 aliphatic rings. The molecule has 0 bridgehead atoms. The van der Waals surface area contributed by atoms with Crippen LogP contribution >= 0.6 is 0 Å². The quantitative estimate of drug-likeness (QED) is 0.0697. The van der Waals surface area contributed by atoms with Gasteiger partial charge in [-0.3, -0.25) is 4.79 Å². The second-order valence-electron chi connectivity index (χ2n) is 16.8. The zero-order valence-electron chi connectivity index (χ0n) is 41.2. The predicted molar refractivity (Wildman–Crippen MR) is 265 cm³/mol. The number of anilines is 4. The summed E-state index contributed by atoms with van der Waals surface area (Å²) in [4.78, 5) is 50.0. The fourth-order valence-electron chi connectivity index (χ4n) is 7.52. The second kappa shape index (κ2) is 22.2. The number of halogens is 6. The van der Waals surface area contributed by atoms with E-state index in [1.807, 2.05) is 68.8 Å². The van der Waals surface area contributed by atoms with Gasteiger partial charge in [0, 0.05) is 70.8 Å². The van der Waals surface area contributed by atoms with Gasteiger partial charge in [0.15, 0.2) is 23.0 Å². The number of nitrogens with one attached hydrogen (secondary N) is 3. The molecule has 0 unspecified atom stereocenters. The molecule has 0 radical (unpaired) electrons. The zero-order valence-corrected chi connectivity index (χ0v) is 42.0. The van der Waals surface area contributed by atoms with Crippen molar-refractivity contribution in [3.8, 4) is 45.6 Å². The van der Waals surface area contributed by atoms with E-state index in [0.717, 1.165) is 56.1 Å². The molecule has 1 amide bonds. The Bertz CT molecular complexity index is 3550. The van der Waals surface area contributed by atoms with Crippen molar-refractivity contribution in [2.24, 2.45) is 0 Å². The summed E-state index contributed by atoms with van der Waals surface area (Å²) in [6.07, 6.45) is -1.56. The van der Waals surface area contributed by atoms with Crippen molar-refractivity contribution in [2.45, 2.75) is 53.4 Å². The minimum Gasteiger partial charge on any atom is -0.480 e. The van der Waals surface area contributed by atoms with Crippen molar-refractivity contribution in [3.05, 3.63) is 143 Å². The zero-order chi connectivity index (χ0) is 55.3. The minimum atomic E-state index is -4.70. The third-order valence-electron chi connectivity index (χ3n) is 10.6. The molecule has 6 aromatic heterocycles. The normalized spacial score (nSPS) is 11.6. The number of amides is 1. The van der Waals surface area contributed by atoms with Gasteiger partial charge in [0.1, 0.15) is 11.1 Å². The molecule has 0 saturated heterocycles. The average Bonchev–Trinajstić information content (AvgIpc) is 4.06. The Kier molecular flexibility index (Phi) is 16.0. The summed E-state index contributed by atoms with van der Waals surface area (Å²) >= 11 is 0. The summed E-state index contributed by atoms with van der Waals surface area (Å²) in [6.45, 7) is 9.31. The number of carbonyl (C=O) groups is 2. The number of sulfonamides is 1. The van der Waals surface area contributed by atoms with Gasteiger partial charge < -0.3 is 25.2 Å². The number of aromatic carboxylic acids is 1. The number of ether oxygens (including phenoxy) is 2. The van der Waals surface area contributed by atoms with E-state index >= 15 is 0 Å². The van der Waals surface area contributed by atoms with E-state index in [9.17, 15) is 49.5 Å². The fourth-order valence-corrected chi connectivity index (χ4v) is 8.55. The first-order valence-electron chi connectivity index (χ1n) is 22.4. The van der Waals surface area contributed by atoms with E-state index in [0.29, 0.717) is 11.4 Å². The van der Waals surface area contributed by atoms with Crippen LogP contribution in [0.3, 0.4) is 0 Å². The maximum Gasteiger partial charge on any atom is 0.435 e. The van der Waals surface area contributed by atoms with Crippen LogP contribution in [0.2, 0.25) is 0 Å². The summed E-state index contributed by atoms with van der Waals surface area (Å²) in [7, 11) is -1.39. The van der Waals surface area contributed by atoms with Crippen LogP contribution < -0.4 is 24.8 Å². The first-order valence-corrected chi connectivity index (χ1v) is 24.1. The van der Waals surface area contributed by atoms with Crippen molar-refractivity contribution < 1.29 is 58.9 Å². The Balaban J connectivity index is 0.000000224. The number of rotatable bonds is 15. The van der Waals surface area contributed by atoms with E-state index in [1.54, 1.807) is 6.92 Å². The van der Waals surface area contributed by atoms with Gasteiger partial charge in [0.05, 0.1) is 20.0 Å². The van der Waals surface area contributed by atoms with Crippen molar-refractivity contribution in [1.82, 2.24) is 54.2 Å². The molecule has 0 aliphatic carbocycles. The number of benzene rings is 2. The van der Waals surface area contributed by atoms with Crippen molar-refractivity contribution in [1.29, 1.82) is 0 Å². The largest absolute Gasteiger partial charge is 0.480 e. The third-order valence-corrected chi connectivity index (χ3v) is 12.0. The van der Waals surface area contributed by atoms with Crippen LogP contribution in [-0.2, 0) is 22.4 Å². The first-order chi connectivity index (χ1) is 35.8. The molecule has 27 heteroatoms. The lowest BCUT2D eigenvalue weighted by atomic mass is 10.1. The number of hydrogen-bond acceptors (Lipinski definition) is 16. The lowest BCUT2D eigenvalue weighted by molar-refractivity contribution is -0.142. The third kappa shape index (κ3) is 13.2. The second-order valence-corrected chi connectivity index (χ2v) is 18.6. The predicted octanol–water partition coefficient (Wildman–Crippen LogP) is 9.39. The molecular weight excluding hydrogens is 1030 g/mol. The molecule has 6 heterocycles. The van der Waals surface area contributed by atoms with Crippen molar-refractivity contribution >= 4 is 45.2 Å². The SMILES string of the molecule is CCCS(=O)(=O)NC(=O)c1cc(-c2cnc(Nc3cc(C)cc(C)c3)nc2-n2ccc(C(F)(F)F)n2)cnc1OC.COc1ncc(-c2cnc(Nc3cc(C)cc(C)c3)nc2-n2ccc(C(F)(F)F)n2)cc1C(=O)O. The number of carboxylic acid groups (broad SMARTS) is 1. The van der Waals surface area contributed by atoms with Crippen LogP contribution in [0, 0.1) is 27.7 Å². The number of nitrogens with zero attached hydrogens (tertiary/aromatic N) is 10. The number of pyridine rings is 2. The van der Waals surface area contributed by atoms with Crippen molar-refractivity contribution in [2.75, 3.05) is 30.6 Å². The number of hydrogen-bond donors (Lipinski definition) is 4. The van der Waals surface area contributed by atoms with Gasteiger partial charge in [-0.15, -0.1) is 0 Å². The van der Waals surface area contributed by atoms with Gasteiger partial charge >= 0.3 is 18.3 Å². The van der Waals surface area contributed by atoms with Crippen LogP contribution in [-0.4, -0.2) is 94.8 Å². The molecule has 8 aromatic rings. The molecule has 8 rings (SSSR count). The Morgan fingerprint density at radius 3 is 1.39 bits per heavy atom. The highest BCUT2D eigenvalue weighted by molar-refractivity contribution is 7.90. The molecule has 0 aliphatic heterocycles. The summed E-state index contributed by atoms with van der Waals surface area (Å²) < 4.78 is 118. The highest BCUT2D eigenvalue weighted by atomic mass is 32.2. The van der Waals surface area contributed by atoms with Crippen molar-refractivity contribution in [3.63, 3.8) is 0 Å². The van der Waals surface area contributed by atoms with E-state index in [1.165, 1.54) is 51.1 Å². The maximum absolute atomic E-state index is 13.4. The molecule has 2 aromatic carbocycles. The van der Waals surface area contributed by atoms with E-state index in [2.05, 4.69) is 50.7 Å². The summed E-state index contributed by atoms with van der Waals surface area (Å²) in [5, 5.41) is 22.8.